The quantitative estimate of drug-likeness (QED) is 0.357. The van der Waals surface area contributed by atoms with E-state index in [0.29, 0.717) is 45.3 Å². The van der Waals surface area contributed by atoms with E-state index in [2.05, 4.69) is 17.6 Å². The number of carbonyl (C=O) groups excluding carboxylic acids is 2. The molecule has 0 spiro atoms. The maximum atomic E-state index is 13.5. The third-order valence-corrected chi connectivity index (χ3v) is 7.29. The fourth-order valence-corrected chi connectivity index (χ4v) is 5.72. The molecule has 2 N–H and O–H groups in total. The Morgan fingerprint density at radius 2 is 1.97 bits per heavy atom. The van der Waals surface area contributed by atoms with E-state index in [-0.39, 0.29) is 11.8 Å². The fourth-order valence-electron chi connectivity index (χ4n) is 4.13. The lowest BCUT2D eigenvalue weighted by Gasteiger charge is -2.19. The van der Waals surface area contributed by atoms with E-state index < -0.39 is 6.10 Å². The molecule has 1 aliphatic carbocycles. The number of fused-ring (bicyclic) bond motifs is 1. The first-order valence-electron chi connectivity index (χ1n) is 11.8. The molecule has 0 fully saturated rings. The zero-order valence-electron chi connectivity index (χ0n) is 20.0. The minimum absolute atomic E-state index is 0.261. The van der Waals surface area contributed by atoms with Crippen molar-refractivity contribution in [2.24, 2.45) is 5.92 Å². The number of amides is 2. The molecule has 1 heterocycles. The minimum Gasteiger partial charge on any atom is -0.492 e. The summed E-state index contributed by atoms with van der Waals surface area (Å²) in [5.74, 6) is 1.05. The summed E-state index contributed by atoms with van der Waals surface area (Å²) in [5.41, 5.74) is 2.13. The highest BCUT2D eigenvalue weighted by Gasteiger charge is 2.29. The van der Waals surface area contributed by atoms with Crippen molar-refractivity contribution >= 4 is 45.4 Å². The van der Waals surface area contributed by atoms with Crippen molar-refractivity contribution in [1.82, 2.24) is 0 Å². The molecule has 0 saturated carbocycles. The molecule has 0 bridgehead atoms. The van der Waals surface area contributed by atoms with E-state index >= 15 is 0 Å². The number of benzene rings is 2. The molecular weight excluding hydrogens is 484 g/mol. The van der Waals surface area contributed by atoms with Crippen LogP contribution in [0.4, 0.5) is 10.7 Å². The van der Waals surface area contributed by atoms with Gasteiger partial charge in [-0.15, -0.1) is 11.3 Å². The van der Waals surface area contributed by atoms with Gasteiger partial charge in [0.05, 0.1) is 17.9 Å². The van der Waals surface area contributed by atoms with Gasteiger partial charge in [-0.2, -0.15) is 0 Å². The van der Waals surface area contributed by atoms with E-state index in [1.807, 2.05) is 31.2 Å². The summed E-state index contributed by atoms with van der Waals surface area (Å²) in [7, 11) is 0. The number of para-hydroxylation sites is 2. The van der Waals surface area contributed by atoms with Gasteiger partial charge in [-0.1, -0.05) is 36.7 Å². The molecule has 1 aliphatic rings. The molecule has 0 radical (unpaired) electrons. The van der Waals surface area contributed by atoms with E-state index in [1.54, 1.807) is 31.2 Å². The van der Waals surface area contributed by atoms with Crippen LogP contribution in [0.15, 0.2) is 48.5 Å². The van der Waals surface area contributed by atoms with Gasteiger partial charge in [-0.3, -0.25) is 9.59 Å². The van der Waals surface area contributed by atoms with Crippen molar-refractivity contribution in [2.75, 3.05) is 17.2 Å². The number of nitrogens with one attached hydrogen (secondary N) is 2. The summed E-state index contributed by atoms with van der Waals surface area (Å²) in [6.07, 6.45) is 1.91. The number of halogens is 1. The van der Waals surface area contributed by atoms with Gasteiger partial charge in [0.25, 0.3) is 11.8 Å². The highest BCUT2D eigenvalue weighted by Crippen LogP contribution is 2.40. The molecule has 2 amide bonds. The fraction of sp³-hybridized carbons (Fsp3) is 0.333. The molecule has 1 aromatic heterocycles. The average molecular weight is 513 g/mol. The normalized spacial score (nSPS) is 15.6. The van der Waals surface area contributed by atoms with Gasteiger partial charge in [0.15, 0.2) is 6.10 Å². The first kappa shape index (κ1) is 25.1. The standard InChI is InChI=1S/C27H29ClN2O4S/c1-4-33-22-11-6-5-10-21(22)29-26(32)24-20-13-12-16(2)14-23(20)35-27(24)30-25(31)17(3)34-19-9-7-8-18(28)15-19/h5-11,15-17H,4,12-14H2,1-3H3,(H,29,32)(H,30,31). The minimum atomic E-state index is -0.777. The molecule has 0 saturated heterocycles. The van der Waals surface area contributed by atoms with Crippen molar-refractivity contribution < 1.29 is 19.1 Å². The van der Waals surface area contributed by atoms with Crippen molar-refractivity contribution in [3.05, 3.63) is 69.6 Å². The second-order valence-electron chi connectivity index (χ2n) is 8.65. The summed E-state index contributed by atoms with van der Waals surface area (Å²) >= 11 is 7.50. The zero-order chi connectivity index (χ0) is 24.9. The largest absolute Gasteiger partial charge is 0.492 e. The van der Waals surface area contributed by atoms with Crippen LogP contribution in [-0.2, 0) is 17.6 Å². The number of hydrogen-bond donors (Lipinski definition) is 2. The Kier molecular flexibility index (Phi) is 7.98. The van der Waals surface area contributed by atoms with Gasteiger partial charge < -0.3 is 20.1 Å². The van der Waals surface area contributed by atoms with Crippen molar-refractivity contribution in [3.8, 4) is 11.5 Å². The summed E-state index contributed by atoms with van der Waals surface area (Å²) in [6, 6.07) is 14.2. The molecule has 3 aromatic rings. The highest BCUT2D eigenvalue weighted by atomic mass is 35.5. The Labute approximate surface area is 214 Å². The lowest BCUT2D eigenvalue weighted by molar-refractivity contribution is -0.122. The second kappa shape index (κ2) is 11.1. The van der Waals surface area contributed by atoms with Crippen molar-refractivity contribution in [2.45, 2.75) is 46.1 Å². The molecule has 0 aliphatic heterocycles. The van der Waals surface area contributed by atoms with Crippen LogP contribution in [-0.4, -0.2) is 24.5 Å². The Hall–Kier alpha value is -3.03. The van der Waals surface area contributed by atoms with Crippen LogP contribution in [0.5, 0.6) is 11.5 Å². The molecule has 2 unspecified atom stereocenters. The number of hydrogen-bond acceptors (Lipinski definition) is 5. The average Bonchev–Trinajstić information content (AvgIpc) is 3.17. The molecule has 8 heteroatoms. The molecule has 184 valence electrons. The lowest BCUT2D eigenvalue weighted by atomic mass is 9.88. The third kappa shape index (κ3) is 5.97. The molecular formula is C27H29ClN2O4S. The van der Waals surface area contributed by atoms with E-state index in [0.717, 1.165) is 29.7 Å². The molecule has 4 rings (SSSR count). The number of rotatable bonds is 8. The van der Waals surface area contributed by atoms with Crippen LogP contribution in [0.25, 0.3) is 0 Å². The number of thiophene rings is 1. The van der Waals surface area contributed by atoms with Crippen LogP contribution >= 0.6 is 22.9 Å². The van der Waals surface area contributed by atoms with Gasteiger partial charge in [0.2, 0.25) is 0 Å². The van der Waals surface area contributed by atoms with Crippen LogP contribution in [0.3, 0.4) is 0 Å². The summed E-state index contributed by atoms with van der Waals surface area (Å²) < 4.78 is 11.4. The van der Waals surface area contributed by atoms with Crippen molar-refractivity contribution in [1.29, 1.82) is 0 Å². The SMILES string of the molecule is CCOc1ccccc1NC(=O)c1c(NC(=O)C(C)Oc2cccc(Cl)c2)sc2c1CCC(C)C2. The first-order valence-corrected chi connectivity index (χ1v) is 13.0. The first-order chi connectivity index (χ1) is 16.9. The van der Waals surface area contributed by atoms with E-state index in [1.165, 1.54) is 11.3 Å². The van der Waals surface area contributed by atoms with E-state index in [9.17, 15) is 9.59 Å². The van der Waals surface area contributed by atoms with Gasteiger partial charge in [-0.05, 0) is 74.9 Å². The number of carbonyl (C=O) groups is 2. The highest BCUT2D eigenvalue weighted by molar-refractivity contribution is 7.17. The summed E-state index contributed by atoms with van der Waals surface area (Å²) in [6.45, 7) is 6.27. The monoisotopic (exact) mass is 512 g/mol. The smallest absolute Gasteiger partial charge is 0.265 e. The Morgan fingerprint density at radius 1 is 1.17 bits per heavy atom. The Morgan fingerprint density at radius 3 is 2.74 bits per heavy atom. The van der Waals surface area contributed by atoms with Crippen LogP contribution in [0, 0.1) is 5.92 Å². The predicted octanol–water partition coefficient (Wildman–Crippen LogP) is 6.58. The van der Waals surface area contributed by atoms with Gasteiger partial charge >= 0.3 is 0 Å². The zero-order valence-corrected chi connectivity index (χ0v) is 21.6. The van der Waals surface area contributed by atoms with Crippen molar-refractivity contribution in [3.63, 3.8) is 0 Å². The lowest BCUT2D eigenvalue weighted by Crippen LogP contribution is -2.30. The maximum Gasteiger partial charge on any atom is 0.265 e. The van der Waals surface area contributed by atoms with Gasteiger partial charge in [0.1, 0.15) is 16.5 Å². The Balaban J connectivity index is 1.59. The second-order valence-corrected chi connectivity index (χ2v) is 10.2. The number of anilines is 2. The number of ether oxygens (including phenoxy) is 2. The molecule has 6 nitrogen and oxygen atoms in total. The maximum absolute atomic E-state index is 13.5. The van der Waals surface area contributed by atoms with Crippen LogP contribution in [0.1, 0.15) is 48.0 Å². The molecule has 2 aromatic carbocycles. The third-order valence-electron chi connectivity index (χ3n) is 5.89. The van der Waals surface area contributed by atoms with Gasteiger partial charge in [0, 0.05) is 9.90 Å². The van der Waals surface area contributed by atoms with Crippen LogP contribution in [0.2, 0.25) is 5.02 Å². The Bertz CT molecular complexity index is 1230. The van der Waals surface area contributed by atoms with E-state index in [4.69, 9.17) is 21.1 Å². The predicted molar refractivity (Wildman–Crippen MR) is 141 cm³/mol. The molecule has 2 atom stereocenters. The molecule has 35 heavy (non-hydrogen) atoms. The topological polar surface area (TPSA) is 76.7 Å². The van der Waals surface area contributed by atoms with Crippen LogP contribution < -0.4 is 20.1 Å². The van der Waals surface area contributed by atoms with Gasteiger partial charge in [-0.25, -0.2) is 0 Å². The summed E-state index contributed by atoms with van der Waals surface area (Å²) in [4.78, 5) is 27.7. The summed E-state index contributed by atoms with van der Waals surface area (Å²) in [5, 5.41) is 7.02.